The quantitative estimate of drug-likeness (QED) is 0.295. The molecule has 1 aromatic carbocycles. The molecule has 0 N–H and O–H groups in total. The second kappa shape index (κ2) is 6.97. The van der Waals surface area contributed by atoms with E-state index in [4.69, 9.17) is 11.6 Å². The zero-order valence-electron chi connectivity index (χ0n) is 13.8. The summed E-state index contributed by atoms with van der Waals surface area (Å²) in [5.41, 5.74) is 2.32. The van der Waals surface area contributed by atoms with E-state index in [9.17, 15) is 4.79 Å². The summed E-state index contributed by atoms with van der Waals surface area (Å²) in [4.78, 5) is 22.0. The van der Waals surface area contributed by atoms with E-state index in [1.807, 2.05) is 35.0 Å². The van der Waals surface area contributed by atoms with Crippen LogP contribution in [0.4, 0.5) is 0 Å². The van der Waals surface area contributed by atoms with E-state index in [1.165, 1.54) is 11.8 Å². The van der Waals surface area contributed by atoms with E-state index in [1.54, 1.807) is 28.8 Å². The van der Waals surface area contributed by atoms with Crippen LogP contribution in [-0.4, -0.2) is 18.9 Å². The Kier molecular flexibility index (Phi) is 4.53. The molecule has 0 atom stereocenters. The molecule has 0 saturated heterocycles. The van der Waals surface area contributed by atoms with Gasteiger partial charge in [-0.05, 0) is 30.3 Å². The highest BCUT2D eigenvalue weighted by molar-refractivity contribution is 7.98. The SMILES string of the molecule is C=CCn1c(SCc2cn3ccccc3n2)nc2cc(Cl)ccc2c1=O. The molecule has 0 aliphatic carbocycles. The van der Waals surface area contributed by atoms with E-state index in [-0.39, 0.29) is 5.56 Å². The van der Waals surface area contributed by atoms with Crippen LogP contribution in [0.5, 0.6) is 0 Å². The van der Waals surface area contributed by atoms with Gasteiger partial charge in [0.2, 0.25) is 0 Å². The van der Waals surface area contributed by atoms with Crippen LogP contribution in [0.2, 0.25) is 5.02 Å². The number of nitrogens with zero attached hydrogens (tertiary/aromatic N) is 4. The number of hydrogen-bond donors (Lipinski definition) is 0. The first-order valence-electron chi connectivity index (χ1n) is 8.02. The summed E-state index contributed by atoms with van der Waals surface area (Å²) in [5.74, 6) is 0.608. The lowest BCUT2D eigenvalue weighted by Gasteiger charge is -2.11. The van der Waals surface area contributed by atoms with Crippen LogP contribution in [0.15, 0.2) is 71.4 Å². The first kappa shape index (κ1) is 16.9. The summed E-state index contributed by atoms with van der Waals surface area (Å²) < 4.78 is 3.60. The Morgan fingerprint density at radius 1 is 1.23 bits per heavy atom. The molecule has 0 unspecified atom stereocenters. The molecule has 0 radical (unpaired) electrons. The summed E-state index contributed by atoms with van der Waals surface area (Å²) in [5, 5.41) is 1.73. The Morgan fingerprint density at radius 3 is 2.92 bits per heavy atom. The fourth-order valence-electron chi connectivity index (χ4n) is 2.77. The topological polar surface area (TPSA) is 52.2 Å². The van der Waals surface area contributed by atoms with Gasteiger partial charge in [-0.2, -0.15) is 0 Å². The highest BCUT2D eigenvalue weighted by atomic mass is 35.5. The van der Waals surface area contributed by atoms with Gasteiger partial charge in [-0.1, -0.05) is 35.5 Å². The van der Waals surface area contributed by atoms with Crippen molar-refractivity contribution in [3.8, 4) is 0 Å². The number of thioether (sulfide) groups is 1. The van der Waals surface area contributed by atoms with E-state index < -0.39 is 0 Å². The lowest BCUT2D eigenvalue weighted by molar-refractivity contribution is 0.671. The van der Waals surface area contributed by atoms with Crippen LogP contribution in [0.1, 0.15) is 5.69 Å². The van der Waals surface area contributed by atoms with Gasteiger partial charge in [-0.25, -0.2) is 9.97 Å². The Labute approximate surface area is 159 Å². The maximum absolute atomic E-state index is 12.8. The second-order valence-corrected chi connectivity index (χ2v) is 7.13. The average molecular weight is 383 g/mol. The lowest BCUT2D eigenvalue weighted by Crippen LogP contribution is -2.22. The highest BCUT2D eigenvalue weighted by Gasteiger charge is 2.12. The summed E-state index contributed by atoms with van der Waals surface area (Å²) in [7, 11) is 0. The predicted octanol–water partition coefficient (Wildman–Crippen LogP) is 4.18. The third-order valence-corrected chi connectivity index (χ3v) is 5.20. The minimum Gasteiger partial charge on any atom is -0.307 e. The van der Waals surface area contributed by atoms with Gasteiger partial charge in [-0.3, -0.25) is 9.36 Å². The molecule has 4 aromatic rings. The number of imidazole rings is 1. The van der Waals surface area contributed by atoms with Crippen molar-refractivity contribution in [3.63, 3.8) is 0 Å². The Balaban J connectivity index is 1.73. The smallest absolute Gasteiger partial charge is 0.262 e. The van der Waals surface area contributed by atoms with Crippen LogP contribution in [0, 0.1) is 0 Å². The number of fused-ring (bicyclic) bond motifs is 2. The third kappa shape index (κ3) is 3.13. The fourth-order valence-corrected chi connectivity index (χ4v) is 3.83. The molecule has 0 aliphatic heterocycles. The van der Waals surface area contributed by atoms with Gasteiger partial charge >= 0.3 is 0 Å². The maximum Gasteiger partial charge on any atom is 0.262 e. The number of aromatic nitrogens is 4. The number of pyridine rings is 1. The Morgan fingerprint density at radius 2 is 2.12 bits per heavy atom. The normalized spacial score (nSPS) is 11.3. The Bertz CT molecular complexity index is 1150. The molecule has 0 saturated carbocycles. The molecular weight excluding hydrogens is 368 g/mol. The molecular formula is C19H15ClN4OS. The molecule has 4 rings (SSSR count). The summed E-state index contributed by atoms with van der Waals surface area (Å²) in [6.45, 7) is 4.15. The van der Waals surface area contributed by atoms with E-state index in [0.29, 0.717) is 33.4 Å². The van der Waals surface area contributed by atoms with Crippen molar-refractivity contribution in [2.24, 2.45) is 0 Å². The van der Waals surface area contributed by atoms with Gasteiger partial charge in [-0.15, -0.1) is 6.58 Å². The third-order valence-electron chi connectivity index (χ3n) is 3.96. The van der Waals surface area contributed by atoms with E-state index >= 15 is 0 Å². The van der Waals surface area contributed by atoms with Crippen molar-refractivity contribution in [2.45, 2.75) is 17.5 Å². The van der Waals surface area contributed by atoms with Gasteiger partial charge in [0.1, 0.15) is 5.65 Å². The first-order valence-corrected chi connectivity index (χ1v) is 9.38. The van der Waals surface area contributed by atoms with Crippen LogP contribution >= 0.6 is 23.4 Å². The second-order valence-electron chi connectivity index (χ2n) is 5.75. The molecule has 7 heteroatoms. The number of allylic oxidation sites excluding steroid dienone is 1. The molecule has 0 amide bonds. The minimum absolute atomic E-state index is 0.0935. The molecule has 0 aliphatic rings. The van der Waals surface area contributed by atoms with Gasteiger partial charge in [0.25, 0.3) is 5.56 Å². The standard InChI is InChI=1S/C19H15ClN4OS/c1-2-8-24-18(25)15-7-6-13(20)10-16(15)22-19(24)26-12-14-11-23-9-4-3-5-17(23)21-14/h2-7,9-11H,1,8,12H2. The number of halogens is 1. The zero-order valence-corrected chi connectivity index (χ0v) is 15.4. The molecule has 0 bridgehead atoms. The lowest BCUT2D eigenvalue weighted by atomic mass is 10.2. The van der Waals surface area contributed by atoms with Crippen molar-refractivity contribution < 1.29 is 0 Å². The van der Waals surface area contributed by atoms with Crippen molar-refractivity contribution >= 4 is 39.9 Å². The molecule has 3 heterocycles. The van der Waals surface area contributed by atoms with Crippen LogP contribution in [-0.2, 0) is 12.3 Å². The van der Waals surface area contributed by atoms with E-state index in [2.05, 4.69) is 16.5 Å². The highest BCUT2D eigenvalue weighted by Crippen LogP contribution is 2.23. The van der Waals surface area contributed by atoms with Crippen LogP contribution in [0.3, 0.4) is 0 Å². The minimum atomic E-state index is -0.0935. The molecule has 130 valence electrons. The summed E-state index contributed by atoms with van der Waals surface area (Å²) >= 11 is 7.53. The molecule has 5 nitrogen and oxygen atoms in total. The van der Waals surface area contributed by atoms with Gasteiger partial charge in [0.05, 0.1) is 16.6 Å². The van der Waals surface area contributed by atoms with Gasteiger partial charge in [0, 0.05) is 29.7 Å². The van der Waals surface area contributed by atoms with Crippen molar-refractivity contribution in [1.29, 1.82) is 0 Å². The molecule has 0 spiro atoms. The number of rotatable bonds is 5. The maximum atomic E-state index is 12.8. The van der Waals surface area contributed by atoms with Crippen LogP contribution in [0.25, 0.3) is 16.6 Å². The zero-order chi connectivity index (χ0) is 18.1. The van der Waals surface area contributed by atoms with Crippen molar-refractivity contribution in [1.82, 2.24) is 18.9 Å². The number of hydrogen-bond acceptors (Lipinski definition) is 4. The largest absolute Gasteiger partial charge is 0.307 e. The summed E-state index contributed by atoms with van der Waals surface area (Å²) in [6, 6.07) is 11.0. The predicted molar refractivity (Wildman–Crippen MR) is 106 cm³/mol. The first-order chi connectivity index (χ1) is 12.7. The monoisotopic (exact) mass is 382 g/mol. The Hall–Kier alpha value is -2.57. The van der Waals surface area contributed by atoms with E-state index in [0.717, 1.165) is 11.3 Å². The molecule has 3 aromatic heterocycles. The van der Waals surface area contributed by atoms with Crippen LogP contribution < -0.4 is 5.56 Å². The summed E-state index contributed by atoms with van der Waals surface area (Å²) in [6.07, 6.45) is 5.64. The van der Waals surface area contributed by atoms with Crippen molar-refractivity contribution in [2.75, 3.05) is 0 Å². The van der Waals surface area contributed by atoms with Gasteiger partial charge < -0.3 is 4.40 Å². The fraction of sp³-hybridized carbons (Fsp3) is 0.105. The average Bonchev–Trinajstić information content (AvgIpc) is 3.05. The van der Waals surface area contributed by atoms with Gasteiger partial charge in [0.15, 0.2) is 5.16 Å². The number of benzene rings is 1. The molecule has 0 fully saturated rings. The molecule has 26 heavy (non-hydrogen) atoms. The van der Waals surface area contributed by atoms with Crippen molar-refractivity contribution in [3.05, 3.63) is 82.5 Å².